The lowest BCUT2D eigenvalue weighted by Crippen LogP contribution is -2.26. The Hall–Kier alpha value is -1.42. The minimum absolute atomic E-state index is 0.683. The zero-order valence-corrected chi connectivity index (χ0v) is 10.2. The molecule has 0 saturated heterocycles. The minimum atomic E-state index is 0.683. The van der Waals surface area contributed by atoms with Gasteiger partial charge in [0.2, 0.25) is 0 Å². The molecular weight excluding hydrogens is 212 g/mol. The fraction of sp³-hybridized carbons (Fsp3) is 0.538. The number of hydrogen-bond donors (Lipinski definition) is 1. The molecule has 17 heavy (non-hydrogen) atoms. The average molecular weight is 230 g/mol. The molecule has 2 aromatic heterocycles. The summed E-state index contributed by atoms with van der Waals surface area (Å²) in [5.41, 5.74) is 1.95. The van der Waals surface area contributed by atoms with Crippen LogP contribution in [0.5, 0.6) is 0 Å². The van der Waals surface area contributed by atoms with Gasteiger partial charge in [0, 0.05) is 19.3 Å². The second kappa shape index (κ2) is 4.45. The van der Waals surface area contributed by atoms with Crippen molar-refractivity contribution in [2.45, 2.75) is 38.3 Å². The highest BCUT2D eigenvalue weighted by molar-refractivity contribution is 5.71. The molecule has 0 atom stereocenters. The van der Waals surface area contributed by atoms with Gasteiger partial charge in [-0.2, -0.15) is 0 Å². The number of rotatable bonds is 3. The quantitative estimate of drug-likeness (QED) is 0.877. The SMILES string of the molecule is Cn1c(CNC2CCCC2)nc2ncccc21. The van der Waals surface area contributed by atoms with E-state index in [-0.39, 0.29) is 0 Å². The van der Waals surface area contributed by atoms with Crippen LogP contribution in [0, 0.1) is 0 Å². The van der Waals surface area contributed by atoms with Gasteiger partial charge in [-0.25, -0.2) is 9.97 Å². The highest BCUT2D eigenvalue weighted by atomic mass is 15.1. The molecule has 0 unspecified atom stereocenters. The number of fused-ring (bicyclic) bond motifs is 1. The van der Waals surface area contributed by atoms with Crippen LogP contribution in [-0.2, 0) is 13.6 Å². The average Bonchev–Trinajstić information content (AvgIpc) is 2.96. The van der Waals surface area contributed by atoms with Crippen molar-refractivity contribution in [3.63, 3.8) is 0 Å². The van der Waals surface area contributed by atoms with Crippen molar-refractivity contribution in [2.24, 2.45) is 7.05 Å². The predicted octanol–water partition coefficient (Wildman–Crippen LogP) is 2.00. The maximum atomic E-state index is 4.56. The third-order valence-corrected chi connectivity index (χ3v) is 3.65. The van der Waals surface area contributed by atoms with Crippen molar-refractivity contribution in [2.75, 3.05) is 0 Å². The zero-order chi connectivity index (χ0) is 11.7. The molecule has 0 aliphatic heterocycles. The molecule has 2 heterocycles. The first-order chi connectivity index (χ1) is 8.34. The van der Waals surface area contributed by atoms with Crippen LogP contribution in [0.2, 0.25) is 0 Å². The third-order valence-electron chi connectivity index (χ3n) is 3.65. The molecule has 0 spiro atoms. The van der Waals surface area contributed by atoms with Crippen LogP contribution < -0.4 is 5.32 Å². The first-order valence-electron chi connectivity index (χ1n) is 6.34. The Morgan fingerprint density at radius 1 is 1.41 bits per heavy atom. The van der Waals surface area contributed by atoms with Crippen molar-refractivity contribution in [1.82, 2.24) is 19.9 Å². The Balaban J connectivity index is 1.78. The minimum Gasteiger partial charge on any atom is -0.329 e. The van der Waals surface area contributed by atoms with Gasteiger partial charge in [-0.3, -0.25) is 0 Å². The summed E-state index contributed by atoms with van der Waals surface area (Å²) in [7, 11) is 2.06. The number of aromatic nitrogens is 3. The molecule has 1 aliphatic carbocycles. The lowest BCUT2D eigenvalue weighted by atomic mass is 10.2. The van der Waals surface area contributed by atoms with Gasteiger partial charge in [-0.1, -0.05) is 12.8 Å². The Morgan fingerprint density at radius 2 is 2.24 bits per heavy atom. The summed E-state index contributed by atoms with van der Waals surface area (Å²) < 4.78 is 2.13. The van der Waals surface area contributed by atoms with Crippen LogP contribution in [0.1, 0.15) is 31.5 Å². The molecule has 0 bridgehead atoms. The number of pyridine rings is 1. The summed E-state index contributed by atoms with van der Waals surface area (Å²) >= 11 is 0. The number of aryl methyl sites for hydroxylation is 1. The molecule has 4 heteroatoms. The van der Waals surface area contributed by atoms with Crippen LogP contribution in [0.15, 0.2) is 18.3 Å². The van der Waals surface area contributed by atoms with E-state index >= 15 is 0 Å². The van der Waals surface area contributed by atoms with Gasteiger partial charge in [0.25, 0.3) is 0 Å². The fourth-order valence-corrected chi connectivity index (χ4v) is 2.60. The largest absolute Gasteiger partial charge is 0.329 e. The molecule has 4 nitrogen and oxygen atoms in total. The molecule has 1 aliphatic rings. The highest BCUT2D eigenvalue weighted by Gasteiger charge is 2.15. The monoisotopic (exact) mass is 230 g/mol. The van der Waals surface area contributed by atoms with E-state index in [1.165, 1.54) is 25.7 Å². The number of nitrogens with one attached hydrogen (secondary N) is 1. The molecule has 2 aromatic rings. The van der Waals surface area contributed by atoms with Crippen LogP contribution in [-0.4, -0.2) is 20.6 Å². The summed E-state index contributed by atoms with van der Waals surface area (Å²) in [5.74, 6) is 1.07. The number of hydrogen-bond acceptors (Lipinski definition) is 3. The summed E-state index contributed by atoms with van der Waals surface area (Å²) in [6, 6.07) is 4.70. The van der Waals surface area contributed by atoms with E-state index in [9.17, 15) is 0 Å². The number of nitrogens with zero attached hydrogens (tertiary/aromatic N) is 3. The van der Waals surface area contributed by atoms with Gasteiger partial charge in [-0.05, 0) is 25.0 Å². The summed E-state index contributed by atoms with van der Waals surface area (Å²) in [6.45, 7) is 0.845. The Bertz CT molecular complexity index is 511. The van der Waals surface area contributed by atoms with Gasteiger partial charge in [0.1, 0.15) is 5.82 Å². The van der Waals surface area contributed by atoms with Gasteiger partial charge in [0.15, 0.2) is 5.65 Å². The third kappa shape index (κ3) is 2.05. The van der Waals surface area contributed by atoms with Gasteiger partial charge in [0.05, 0.1) is 12.1 Å². The standard InChI is InChI=1S/C13H18N4/c1-17-11-7-4-8-14-13(11)16-12(17)9-15-10-5-2-3-6-10/h4,7-8,10,15H,2-3,5-6,9H2,1H3. The van der Waals surface area contributed by atoms with Crippen molar-refractivity contribution >= 4 is 11.2 Å². The maximum absolute atomic E-state index is 4.56. The normalized spacial score (nSPS) is 17.0. The van der Waals surface area contributed by atoms with Crippen molar-refractivity contribution in [3.05, 3.63) is 24.2 Å². The van der Waals surface area contributed by atoms with Crippen LogP contribution in [0.25, 0.3) is 11.2 Å². The molecule has 0 radical (unpaired) electrons. The van der Waals surface area contributed by atoms with E-state index < -0.39 is 0 Å². The van der Waals surface area contributed by atoms with E-state index in [1.54, 1.807) is 6.20 Å². The van der Waals surface area contributed by atoms with Crippen molar-refractivity contribution < 1.29 is 0 Å². The molecule has 1 fully saturated rings. The van der Waals surface area contributed by atoms with E-state index in [0.29, 0.717) is 6.04 Å². The van der Waals surface area contributed by atoms with Gasteiger partial charge in [-0.15, -0.1) is 0 Å². The molecular formula is C13H18N4. The van der Waals surface area contributed by atoms with Crippen LogP contribution in [0.3, 0.4) is 0 Å². The lowest BCUT2D eigenvalue weighted by molar-refractivity contribution is 0.508. The maximum Gasteiger partial charge on any atom is 0.177 e. The second-order valence-corrected chi connectivity index (χ2v) is 4.80. The summed E-state index contributed by atoms with van der Waals surface area (Å²) in [4.78, 5) is 8.85. The molecule has 0 aromatic carbocycles. The Morgan fingerprint density at radius 3 is 3.00 bits per heavy atom. The first kappa shape index (κ1) is 10.7. The van der Waals surface area contributed by atoms with E-state index in [4.69, 9.17) is 0 Å². The van der Waals surface area contributed by atoms with Gasteiger partial charge >= 0.3 is 0 Å². The smallest absolute Gasteiger partial charge is 0.177 e. The number of imidazole rings is 1. The van der Waals surface area contributed by atoms with Crippen LogP contribution in [0.4, 0.5) is 0 Å². The Kier molecular flexibility index (Phi) is 2.81. The summed E-state index contributed by atoms with van der Waals surface area (Å²) in [5, 5.41) is 3.59. The zero-order valence-electron chi connectivity index (χ0n) is 10.2. The van der Waals surface area contributed by atoms with E-state index in [1.807, 2.05) is 6.07 Å². The molecule has 0 amide bonds. The molecule has 3 rings (SSSR count). The predicted molar refractivity (Wildman–Crippen MR) is 67.6 cm³/mol. The molecule has 90 valence electrons. The van der Waals surface area contributed by atoms with Crippen LogP contribution >= 0.6 is 0 Å². The highest BCUT2D eigenvalue weighted by Crippen LogP contribution is 2.18. The van der Waals surface area contributed by atoms with E-state index in [0.717, 1.165) is 23.5 Å². The first-order valence-corrected chi connectivity index (χ1v) is 6.34. The fourth-order valence-electron chi connectivity index (χ4n) is 2.60. The van der Waals surface area contributed by atoms with Crippen molar-refractivity contribution in [1.29, 1.82) is 0 Å². The summed E-state index contributed by atoms with van der Waals surface area (Å²) in [6.07, 6.45) is 7.14. The van der Waals surface area contributed by atoms with Gasteiger partial charge < -0.3 is 9.88 Å². The van der Waals surface area contributed by atoms with Crippen molar-refractivity contribution in [3.8, 4) is 0 Å². The molecule has 1 saturated carbocycles. The topological polar surface area (TPSA) is 42.7 Å². The Labute approximate surface area is 101 Å². The van der Waals surface area contributed by atoms with E-state index in [2.05, 4.69) is 33.0 Å². The lowest BCUT2D eigenvalue weighted by Gasteiger charge is -2.11. The molecule has 1 N–H and O–H groups in total. The second-order valence-electron chi connectivity index (χ2n) is 4.80.